The third-order valence-corrected chi connectivity index (χ3v) is 4.73. The molecule has 112 valence electrons. The summed E-state index contributed by atoms with van der Waals surface area (Å²) in [6.45, 7) is 4.17. The van der Waals surface area contributed by atoms with Crippen LogP contribution in [0, 0.1) is 5.92 Å². The molecule has 4 nitrogen and oxygen atoms in total. The minimum absolute atomic E-state index is 0.206. The molecule has 0 amide bonds. The van der Waals surface area contributed by atoms with Crippen LogP contribution in [0.5, 0.6) is 11.5 Å². The van der Waals surface area contributed by atoms with E-state index in [1.165, 1.54) is 0 Å². The van der Waals surface area contributed by atoms with Gasteiger partial charge in [-0.3, -0.25) is 4.90 Å². The third-order valence-electron chi connectivity index (χ3n) is 4.11. The van der Waals surface area contributed by atoms with Crippen LogP contribution in [0.3, 0.4) is 0 Å². The van der Waals surface area contributed by atoms with Crippen molar-refractivity contribution in [2.75, 3.05) is 27.4 Å². The lowest BCUT2D eigenvalue weighted by Gasteiger charge is -2.26. The first-order valence-corrected chi connectivity index (χ1v) is 7.65. The van der Waals surface area contributed by atoms with E-state index in [0.29, 0.717) is 5.92 Å². The number of halogens is 1. The van der Waals surface area contributed by atoms with Crippen LogP contribution in [0.25, 0.3) is 0 Å². The monoisotopic (exact) mass is 343 g/mol. The number of aliphatic hydroxyl groups is 1. The van der Waals surface area contributed by atoms with E-state index >= 15 is 0 Å². The van der Waals surface area contributed by atoms with Crippen molar-refractivity contribution in [3.05, 3.63) is 22.2 Å². The standard InChI is InChI=1S/C15H22BrNO3/c1-10-4-5-17(13(10)9-18)8-11-6-15(20-3)12(16)7-14(11)19-2/h6-7,10,13,18H,4-5,8-9H2,1-3H3. The fourth-order valence-electron chi connectivity index (χ4n) is 2.85. The first-order chi connectivity index (χ1) is 9.60. The Bertz CT molecular complexity index is 467. The molecule has 1 aromatic rings. The number of aliphatic hydroxyl groups excluding tert-OH is 1. The quantitative estimate of drug-likeness (QED) is 0.892. The number of ether oxygens (including phenoxy) is 2. The van der Waals surface area contributed by atoms with Crippen LogP contribution in [-0.4, -0.2) is 43.4 Å². The molecule has 2 unspecified atom stereocenters. The van der Waals surface area contributed by atoms with Gasteiger partial charge in [-0.05, 0) is 46.9 Å². The highest BCUT2D eigenvalue weighted by Crippen LogP contribution is 2.35. The van der Waals surface area contributed by atoms with Gasteiger partial charge < -0.3 is 14.6 Å². The highest BCUT2D eigenvalue weighted by molar-refractivity contribution is 9.10. The largest absolute Gasteiger partial charge is 0.496 e. The lowest BCUT2D eigenvalue weighted by atomic mass is 10.0. The Hall–Kier alpha value is -0.780. The van der Waals surface area contributed by atoms with E-state index in [0.717, 1.165) is 41.0 Å². The van der Waals surface area contributed by atoms with E-state index in [2.05, 4.69) is 27.8 Å². The molecule has 0 spiro atoms. The second-order valence-electron chi connectivity index (χ2n) is 5.28. The van der Waals surface area contributed by atoms with Crippen LogP contribution in [0.2, 0.25) is 0 Å². The molecule has 0 aromatic heterocycles. The predicted molar refractivity (Wildman–Crippen MR) is 82.3 cm³/mol. The minimum atomic E-state index is 0.206. The topological polar surface area (TPSA) is 41.9 Å². The maximum atomic E-state index is 9.55. The summed E-state index contributed by atoms with van der Waals surface area (Å²) in [4.78, 5) is 2.32. The molecule has 2 rings (SSSR count). The average molecular weight is 344 g/mol. The zero-order valence-corrected chi connectivity index (χ0v) is 13.8. The molecule has 1 aliphatic rings. The minimum Gasteiger partial charge on any atom is -0.496 e. The number of nitrogens with zero attached hydrogens (tertiary/aromatic N) is 1. The lowest BCUT2D eigenvalue weighted by Crippen LogP contribution is -2.34. The SMILES string of the molecule is COc1cc(CN2CCC(C)C2CO)c(OC)cc1Br. The Morgan fingerprint density at radius 3 is 2.60 bits per heavy atom. The van der Waals surface area contributed by atoms with Gasteiger partial charge in [-0.25, -0.2) is 0 Å². The van der Waals surface area contributed by atoms with E-state index in [4.69, 9.17) is 9.47 Å². The van der Waals surface area contributed by atoms with E-state index < -0.39 is 0 Å². The van der Waals surface area contributed by atoms with Crippen molar-refractivity contribution in [1.29, 1.82) is 0 Å². The summed E-state index contributed by atoms with van der Waals surface area (Å²) in [6.07, 6.45) is 1.13. The van der Waals surface area contributed by atoms with Crippen molar-refractivity contribution < 1.29 is 14.6 Å². The molecule has 0 aliphatic carbocycles. The molecule has 1 heterocycles. The van der Waals surface area contributed by atoms with Crippen LogP contribution in [0.4, 0.5) is 0 Å². The highest BCUT2D eigenvalue weighted by Gasteiger charge is 2.31. The van der Waals surface area contributed by atoms with E-state index in [1.807, 2.05) is 12.1 Å². The van der Waals surface area contributed by atoms with Crippen molar-refractivity contribution >= 4 is 15.9 Å². The van der Waals surface area contributed by atoms with Crippen molar-refractivity contribution in [3.63, 3.8) is 0 Å². The summed E-state index contributed by atoms with van der Waals surface area (Å²) >= 11 is 3.47. The van der Waals surface area contributed by atoms with Gasteiger partial charge in [-0.1, -0.05) is 6.92 Å². The number of likely N-dealkylation sites (tertiary alicyclic amines) is 1. The second-order valence-corrected chi connectivity index (χ2v) is 6.14. The maximum Gasteiger partial charge on any atom is 0.133 e. The molecule has 1 aliphatic heterocycles. The molecule has 0 saturated carbocycles. The van der Waals surface area contributed by atoms with E-state index in [-0.39, 0.29) is 12.6 Å². The normalized spacial score (nSPS) is 23.1. The van der Waals surface area contributed by atoms with Gasteiger partial charge in [-0.2, -0.15) is 0 Å². The van der Waals surface area contributed by atoms with Gasteiger partial charge in [-0.15, -0.1) is 0 Å². The molecular weight excluding hydrogens is 322 g/mol. The zero-order chi connectivity index (χ0) is 14.7. The summed E-state index contributed by atoms with van der Waals surface area (Å²) in [5.41, 5.74) is 1.08. The summed E-state index contributed by atoms with van der Waals surface area (Å²) in [5.74, 6) is 2.17. The molecule has 0 radical (unpaired) electrons. The van der Waals surface area contributed by atoms with Gasteiger partial charge in [0.05, 0.1) is 25.3 Å². The molecule has 1 saturated heterocycles. The van der Waals surface area contributed by atoms with Crippen molar-refractivity contribution in [2.24, 2.45) is 5.92 Å². The Labute approximate surface area is 128 Å². The number of hydrogen-bond donors (Lipinski definition) is 1. The van der Waals surface area contributed by atoms with Gasteiger partial charge in [0.25, 0.3) is 0 Å². The van der Waals surface area contributed by atoms with E-state index in [9.17, 15) is 5.11 Å². The van der Waals surface area contributed by atoms with Gasteiger partial charge in [0.15, 0.2) is 0 Å². The first kappa shape index (κ1) is 15.6. The maximum absolute atomic E-state index is 9.55. The summed E-state index contributed by atoms with van der Waals surface area (Å²) in [7, 11) is 3.33. The third kappa shape index (κ3) is 3.10. The van der Waals surface area contributed by atoms with E-state index in [1.54, 1.807) is 14.2 Å². The Morgan fingerprint density at radius 1 is 1.30 bits per heavy atom. The van der Waals surface area contributed by atoms with Gasteiger partial charge in [0.1, 0.15) is 11.5 Å². The molecule has 2 atom stereocenters. The number of hydrogen-bond acceptors (Lipinski definition) is 4. The fraction of sp³-hybridized carbons (Fsp3) is 0.600. The van der Waals surface area contributed by atoms with Crippen LogP contribution in [0.15, 0.2) is 16.6 Å². The number of benzene rings is 1. The fourth-order valence-corrected chi connectivity index (χ4v) is 3.33. The van der Waals surface area contributed by atoms with Crippen molar-refractivity contribution in [3.8, 4) is 11.5 Å². The molecule has 20 heavy (non-hydrogen) atoms. The smallest absolute Gasteiger partial charge is 0.133 e. The second kappa shape index (κ2) is 6.78. The summed E-state index contributed by atoms with van der Waals surface area (Å²) < 4.78 is 11.7. The van der Waals surface area contributed by atoms with Crippen LogP contribution in [0.1, 0.15) is 18.9 Å². The Balaban J connectivity index is 2.24. The number of methoxy groups -OCH3 is 2. The van der Waals surface area contributed by atoms with Crippen LogP contribution < -0.4 is 9.47 Å². The zero-order valence-electron chi connectivity index (χ0n) is 12.2. The summed E-state index contributed by atoms with van der Waals surface area (Å²) in [5, 5.41) is 9.55. The highest BCUT2D eigenvalue weighted by atomic mass is 79.9. The van der Waals surface area contributed by atoms with Gasteiger partial charge in [0.2, 0.25) is 0 Å². The van der Waals surface area contributed by atoms with Crippen LogP contribution in [-0.2, 0) is 6.54 Å². The predicted octanol–water partition coefficient (Wildman–Crippen LogP) is 2.67. The molecule has 1 aromatic carbocycles. The molecule has 5 heteroatoms. The average Bonchev–Trinajstić information content (AvgIpc) is 2.80. The van der Waals surface area contributed by atoms with Crippen molar-refractivity contribution in [2.45, 2.75) is 25.9 Å². The van der Waals surface area contributed by atoms with Crippen molar-refractivity contribution in [1.82, 2.24) is 4.90 Å². The molecular formula is C15H22BrNO3. The lowest BCUT2D eigenvalue weighted by molar-refractivity contribution is 0.133. The van der Waals surface area contributed by atoms with Gasteiger partial charge in [0, 0.05) is 18.2 Å². The summed E-state index contributed by atoms with van der Waals surface area (Å²) in [6, 6.07) is 4.16. The first-order valence-electron chi connectivity index (χ1n) is 6.86. The number of rotatable bonds is 5. The molecule has 1 N–H and O–H groups in total. The Kier molecular flexibility index (Phi) is 5.29. The van der Waals surface area contributed by atoms with Gasteiger partial charge >= 0.3 is 0 Å². The van der Waals surface area contributed by atoms with Crippen LogP contribution >= 0.6 is 15.9 Å². The molecule has 1 fully saturated rings. The molecule has 0 bridgehead atoms. The Morgan fingerprint density at radius 2 is 2.00 bits per heavy atom.